The second kappa shape index (κ2) is 9.45. The minimum absolute atomic E-state index is 0.222. The van der Waals surface area contributed by atoms with E-state index in [4.69, 9.17) is 0 Å². The van der Waals surface area contributed by atoms with Crippen molar-refractivity contribution in [2.24, 2.45) is 17.8 Å². The second-order valence-electron chi connectivity index (χ2n) is 8.95. The minimum Gasteiger partial charge on any atom is -0.207 e. The number of rotatable bonds is 4. The van der Waals surface area contributed by atoms with Crippen molar-refractivity contribution in [1.82, 2.24) is 0 Å². The molecule has 0 nitrogen and oxygen atoms in total. The van der Waals surface area contributed by atoms with Crippen LogP contribution in [0.25, 0.3) is 0 Å². The van der Waals surface area contributed by atoms with Gasteiger partial charge in [-0.2, -0.15) is 0 Å². The smallest absolute Gasteiger partial charge is 0.123 e. The highest BCUT2D eigenvalue weighted by Crippen LogP contribution is 2.48. The third-order valence-electron chi connectivity index (χ3n) is 7.08. The van der Waals surface area contributed by atoms with Crippen LogP contribution >= 0.6 is 0 Å². The Kier molecular flexibility index (Phi) is 6.50. The molecule has 2 fully saturated rings. The monoisotopic (exact) mass is 386 g/mol. The van der Waals surface area contributed by atoms with Gasteiger partial charge >= 0.3 is 0 Å². The molecule has 4 unspecified atom stereocenters. The molecule has 0 aromatic heterocycles. The van der Waals surface area contributed by atoms with Crippen LogP contribution in [0.15, 0.2) is 61.2 Å². The number of benzene rings is 2. The van der Waals surface area contributed by atoms with Gasteiger partial charge in [-0.3, -0.25) is 0 Å². The maximum atomic E-state index is 13.0. The van der Waals surface area contributed by atoms with Gasteiger partial charge in [0.2, 0.25) is 0 Å². The van der Waals surface area contributed by atoms with E-state index in [1.807, 2.05) is 0 Å². The Morgan fingerprint density at radius 2 is 1.45 bits per heavy atom. The molecule has 2 aromatic rings. The average Bonchev–Trinajstić information content (AvgIpc) is 2.77. The van der Waals surface area contributed by atoms with Crippen molar-refractivity contribution in [1.29, 1.82) is 0 Å². The molecule has 0 radical (unpaired) electrons. The zero-order chi connectivity index (χ0) is 20.1. The lowest BCUT2D eigenvalue weighted by atomic mass is 9.63. The fourth-order valence-electron chi connectivity index (χ4n) is 5.42. The SMILES string of the molecule is C=CCCC1CCC2CC(c3ccc(C#Cc4ccc(F)cc4)cc3)CCC2C1. The molecule has 0 spiro atoms. The van der Waals surface area contributed by atoms with Crippen LogP contribution in [0, 0.1) is 35.4 Å². The minimum atomic E-state index is -0.222. The molecule has 2 aromatic carbocycles. The molecule has 0 saturated heterocycles. The first-order chi connectivity index (χ1) is 14.2. The average molecular weight is 387 g/mol. The molecule has 0 heterocycles. The standard InChI is InChI=1S/C28H31F/c1-2-3-4-23-9-14-27-20-26(16-15-25(27)19-23)24-12-7-21(8-13-24)5-6-22-10-17-28(29)18-11-22/h2,7-8,10-13,17-18,23,25-27H,1,3-4,9,14-16,19-20H2. The predicted molar refractivity (Wildman–Crippen MR) is 119 cm³/mol. The summed E-state index contributed by atoms with van der Waals surface area (Å²) in [6.07, 6.45) is 13.0. The summed E-state index contributed by atoms with van der Waals surface area (Å²) in [5, 5.41) is 0. The maximum Gasteiger partial charge on any atom is 0.123 e. The van der Waals surface area contributed by atoms with Crippen LogP contribution in [0.4, 0.5) is 4.39 Å². The van der Waals surface area contributed by atoms with Gasteiger partial charge in [0.25, 0.3) is 0 Å². The van der Waals surface area contributed by atoms with Crippen molar-refractivity contribution in [2.45, 2.75) is 57.3 Å². The topological polar surface area (TPSA) is 0 Å². The van der Waals surface area contributed by atoms with Crippen LogP contribution < -0.4 is 0 Å². The first kappa shape index (κ1) is 20.0. The summed E-state index contributed by atoms with van der Waals surface area (Å²) in [5.74, 6) is 9.62. The third kappa shape index (κ3) is 5.18. The molecule has 150 valence electrons. The Hall–Kier alpha value is -2.33. The van der Waals surface area contributed by atoms with Crippen molar-refractivity contribution in [2.75, 3.05) is 0 Å². The number of hydrogen-bond acceptors (Lipinski definition) is 0. The Balaban J connectivity index is 1.34. The summed E-state index contributed by atoms with van der Waals surface area (Å²) >= 11 is 0. The summed E-state index contributed by atoms with van der Waals surface area (Å²) in [6, 6.07) is 15.2. The fraction of sp³-hybridized carbons (Fsp3) is 0.429. The summed E-state index contributed by atoms with van der Waals surface area (Å²) in [4.78, 5) is 0. The van der Waals surface area contributed by atoms with Gasteiger partial charge in [-0.25, -0.2) is 4.39 Å². The van der Waals surface area contributed by atoms with Crippen molar-refractivity contribution in [3.8, 4) is 11.8 Å². The van der Waals surface area contributed by atoms with Gasteiger partial charge < -0.3 is 0 Å². The number of fused-ring (bicyclic) bond motifs is 1. The number of allylic oxidation sites excluding steroid dienone is 1. The van der Waals surface area contributed by atoms with Gasteiger partial charge in [0.1, 0.15) is 5.82 Å². The molecule has 4 atom stereocenters. The molecule has 0 bridgehead atoms. The van der Waals surface area contributed by atoms with E-state index in [1.165, 1.54) is 69.1 Å². The first-order valence-electron chi connectivity index (χ1n) is 11.2. The summed E-state index contributed by atoms with van der Waals surface area (Å²) in [5.41, 5.74) is 3.34. The Bertz CT molecular complexity index is 865. The van der Waals surface area contributed by atoms with Gasteiger partial charge in [-0.05, 0) is 111 Å². The molecule has 2 aliphatic carbocycles. The van der Waals surface area contributed by atoms with E-state index in [2.05, 4.69) is 48.8 Å². The lowest BCUT2D eigenvalue weighted by Gasteiger charge is -2.42. The van der Waals surface area contributed by atoms with Crippen LogP contribution in [0.1, 0.15) is 74.0 Å². The predicted octanol–water partition coefficient (Wildman–Crippen LogP) is 7.49. The second-order valence-corrected chi connectivity index (χ2v) is 8.95. The van der Waals surface area contributed by atoms with E-state index in [1.54, 1.807) is 12.1 Å². The van der Waals surface area contributed by atoms with Gasteiger partial charge in [0, 0.05) is 11.1 Å². The van der Waals surface area contributed by atoms with Crippen LogP contribution in [0.5, 0.6) is 0 Å². The largest absolute Gasteiger partial charge is 0.207 e. The van der Waals surface area contributed by atoms with Gasteiger partial charge in [0.15, 0.2) is 0 Å². The third-order valence-corrected chi connectivity index (χ3v) is 7.08. The molecule has 2 saturated carbocycles. The zero-order valence-corrected chi connectivity index (χ0v) is 17.2. The zero-order valence-electron chi connectivity index (χ0n) is 17.2. The van der Waals surface area contributed by atoms with E-state index >= 15 is 0 Å². The van der Waals surface area contributed by atoms with E-state index in [0.717, 1.165) is 28.9 Å². The lowest BCUT2D eigenvalue weighted by Crippen LogP contribution is -2.30. The molecular formula is C28H31F. The van der Waals surface area contributed by atoms with Crippen molar-refractivity contribution in [3.05, 3.63) is 83.7 Å². The van der Waals surface area contributed by atoms with Gasteiger partial charge in [-0.15, -0.1) is 6.58 Å². The molecule has 4 rings (SSSR count). The van der Waals surface area contributed by atoms with Crippen LogP contribution in [-0.2, 0) is 0 Å². The van der Waals surface area contributed by atoms with Crippen molar-refractivity contribution in [3.63, 3.8) is 0 Å². The van der Waals surface area contributed by atoms with E-state index < -0.39 is 0 Å². The van der Waals surface area contributed by atoms with E-state index in [9.17, 15) is 4.39 Å². The van der Waals surface area contributed by atoms with Crippen molar-refractivity contribution >= 4 is 0 Å². The lowest BCUT2D eigenvalue weighted by molar-refractivity contribution is 0.115. The van der Waals surface area contributed by atoms with Gasteiger partial charge in [0.05, 0.1) is 0 Å². The molecule has 1 heteroatoms. The number of halogens is 1. The summed E-state index contributed by atoms with van der Waals surface area (Å²) < 4.78 is 13.0. The summed E-state index contributed by atoms with van der Waals surface area (Å²) in [7, 11) is 0. The van der Waals surface area contributed by atoms with Crippen LogP contribution in [0.3, 0.4) is 0 Å². The Morgan fingerprint density at radius 1 is 0.828 bits per heavy atom. The Labute approximate surface area is 175 Å². The highest BCUT2D eigenvalue weighted by atomic mass is 19.1. The van der Waals surface area contributed by atoms with E-state index in [0.29, 0.717) is 5.92 Å². The van der Waals surface area contributed by atoms with Crippen LogP contribution in [0.2, 0.25) is 0 Å². The highest BCUT2D eigenvalue weighted by Gasteiger charge is 2.35. The van der Waals surface area contributed by atoms with Gasteiger partial charge in [-0.1, -0.05) is 36.5 Å². The van der Waals surface area contributed by atoms with E-state index in [-0.39, 0.29) is 5.82 Å². The maximum absolute atomic E-state index is 13.0. The van der Waals surface area contributed by atoms with Crippen LogP contribution in [-0.4, -0.2) is 0 Å². The molecule has 29 heavy (non-hydrogen) atoms. The molecular weight excluding hydrogens is 355 g/mol. The molecule has 0 aliphatic heterocycles. The molecule has 2 aliphatic rings. The first-order valence-corrected chi connectivity index (χ1v) is 11.2. The molecule has 0 N–H and O–H groups in total. The Morgan fingerprint density at radius 3 is 2.14 bits per heavy atom. The molecule has 0 amide bonds. The highest BCUT2D eigenvalue weighted by molar-refractivity contribution is 5.43. The number of hydrogen-bond donors (Lipinski definition) is 0. The quantitative estimate of drug-likeness (QED) is 0.377. The van der Waals surface area contributed by atoms with Crippen molar-refractivity contribution < 1.29 is 4.39 Å². The fourth-order valence-corrected chi connectivity index (χ4v) is 5.42. The summed E-state index contributed by atoms with van der Waals surface area (Å²) in [6.45, 7) is 3.88. The normalized spacial score (nSPS) is 26.1.